The molecule has 0 amide bonds. The van der Waals surface area contributed by atoms with Gasteiger partial charge < -0.3 is 20.3 Å². The molecule has 0 saturated carbocycles. The van der Waals surface area contributed by atoms with Gasteiger partial charge in [0.05, 0.1) is 11.2 Å². The molecule has 5 heteroatoms. The lowest BCUT2D eigenvalue weighted by atomic mass is 9.86. The van der Waals surface area contributed by atoms with E-state index in [1.807, 2.05) is 13.8 Å². The highest BCUT2D eigenvalue weighted by molar-refractivity contribution is 5.87. The van der Waals surface area contributed by atoms with Crippen LogP contribution in [0.25, 0.3) is 0 Å². The average molecular weight is 281 g/mol. The van der Waals surface area contributed by atoms with E-state index in [0.29, 0.717) is 18.9 Å². The molecule has 1 rings (SSSR count). The van der Waals surface area contributed by atoms with E-state index in [1.165, 1.54) is 12.1 Å². The number of rotatable bonds is 7. The first-order chi connectivity index (χ1) is 9.13. The van der Waals surface area contributed by atoms with Gasteiger partial charge in [-0.3, -0.25) is 0 Å². The predicted octanol–water partition coefficient (Wildman–Crippen LogP) is 1.90. The quantitative estimate of drug-likeness (QED) is 0.665. The van der Waals surface area contributed by atoms with Gasteiger partial charge >= 0.3 is 5.97 Å². The maximum atomic E-state index is 10.7. The molecule has 1 aromatic carbocycles. The zero-order chi connectivity index (χ0) is 15.4. The summed E-state index contributed by atoms with van der Waals surface area (Å²) in [5, 5.41) is 22.0. The largest absolute Gasteiger partial charge is 0.492 e. The van der Waals surface area contributed by atoms with Crippen molar-refractivity contribution in [2.75, 3.05) is 13.2 Å². The molecule has 20 heavy (non-hydrogen) atoms. The molecule has 0 atom stereocenters. The lowest BCUT2D eigenvalue weighted by Crippen LogP contribution is -2.56. The van der Waals surface area contributed by atoms with Gasteiger partial charge in [0.25, 0.3) is 0 Å². The molecule has 112 valence electrons. The Balaban J connectivity index is 2.40. The van der Waals surface area contributed by atoms with Crippen molar-refractivity contribution in [1.82, 2.24) is 5.32 Å². The topological polar surface area (TPSA) is 78.8 Å². The van der Waals surface area contributed by atoms with Crippen LogP contribution in [-0.4, -0.2) is 40.5 Å². The van der Waals surface area contributed by atoms with Crippen LogP contribution >= 0.6 is 0 Å². The van der Waals surface area contributed by atoms with Crippen LogP contribution in [0.4, 0.5) is 0 Å². The zero-order valence-electron chi connectivity index (χ0n) is 12.4. The molecule has 5 nitrogen and oxygen atoms in total. The minimum atomic E-state index is -0.954. The molecular weight excluding hydrogens is 258 g/mol. The lowest BCUT2D eigenvalue weighted by molar-refractivity contribution is -0.00550. The van der Waals surface area contributed by atoms with E-state index < -0.39 is 17.1 Å². The Kier molecular flexibility index (Phi) is 5.14. The number of aliphatic hydroxyl groups is 1. The highest BCUT2D eigenvalue weighted by Crippen LogP contribution is 2.20. The van der Waals surface area contributed by atoms with Crippen molar-refractivity contribution in [3.63, 3.8) is 0 Å². The summed E-state index contributed by atoms with van der Waals surface area (Å²) in [7, 11) is 0. The molecule has 0 aromatic heterocycles. The van der Waals surface area contributed by atoms with E-state index >= 15 is 0 Å². The molecule has 0 fully saturated rings. The minimum Gasteiger partial charge on any atom is -0.492 e. The monoisotopic (exact) mass is 281 g/mol. The Bertz CT molecular complexity index is 446. The average Bonchev–Trinajstić information content (AvgIpc) is 2.34. The second-order valence-corrected chi connectivity index (χ2v) is 5.79. The van der Waals surface area contributed by atoms with Crippen LogP contribution in [0.15, 0.2) is 24.3 Å². The molecule has 0 unspecified atom stereocenters. The number of carbonyl (C=O) groups is 1. The van der Waals surface area contributed by atoms with E-state index in [2.05, 4.69) is 5.32 Å². The summed E-state index contributed by atoms with van der Waals surface area (Å²) in [5.41, 5.74) is -1.03. The van der Waals surface area contributed by atoms with Gasteiger partial charge in [-0.1, -0.05) is 0 Å². The predicted molar refractivity (Wildman–Crippen MR) is 77.3 cm³/mol. The van der Waals surface area contributed by atoms with Gasteiger partial charge in [0, 0.05) is 12.1 Å². The first-order valence-electron chi connectivity index (χ1n) is 6.57. The SMILES string of the molecule is CC(C)(O)C(C)(C)NCCOc1ccc(C(=O)O)cc1. The smallest absolute Gasteiger partial charge is 0.335 e. The van der Waals surface area contributed by atoms with Gasteiger partial charge in [-0.15, -0.1) is 0 Å². The second-order valence-electron chi connectivity index (χ2n) is 5.79. The van der Waals surface area contributed by atoms with Crippen molar-refractivity contribution in [1.29, 1.82) is 0 Å². The molecule has 0 heterocycles. The summed E-state index contributed by atoms with van der Waals surface area (Å²) in [6.45, 7) is 8.38. The standard InChI is InChI=1S/C15H23NO4/c1-14(2,15(3,4)19)16-9-10-20-12-7-5-11(6-8-12)13(17)18/h5-8,16,19H,9-10H2,1-4H3,(H,17,18). The molecule has 0 aliphatic heterocycles. The number of benzene rings is 1. The molecule has 0 radical (unpaired) electrons. The first-order valence-corrected chi connectivity index (χ1v) is 6.57. The summed E-state index contributed by atoms with van der Waals surface area (Å²) in [6.07, 6.45) is 0. The Morgan fingerprint density at radius 1 is 1.20 bits per heavy atom. The van der Waals surface area contributed by atoms with Gasteiger partial charge in [0.2, 0.25) is 0 Å². The molecule has 0 aliphatic rings. The first kappa shape index (κ1) is 16.5. The summed E-state index contributed by atoms with van der Waals surface area (Å²) in [5.74, 6) is -0.331. The normalized spacial score (nSPS) is 12.2. The van der Waals surface area contributed by atoms with Gasteiger partial charge in [-0.05, 0) is 52.0 Å². The van der Waals surface area contributed by atoms with Crippen molar-refractivity contribution in [2.45, 2.75) is 38.8 Å². The Morgan fingerprint density at radius 3 is 2.20 bits per heavy atom. The van der Waals surface area contributed by atoms with Crippen molar-refractivity contribution < 1.29 is 19.7 Å². The second kappa shape index (κ2) is 6.24. The third-order valence-corrected chi connectivity index (χ3v) is 3.57. The number of carboxylic acids is 1. The van der Waals surface area contributed by atoms with Gasteiger partial charge in [0.15, 0.2) is 0 Å². The van der Waals surface area contributed by atoms with Crippen LogP contribution in [0.2, 0.25) is 0 Å². The van der Waals surface area contributed by atoms with Gasteiger partial charge in [0.1, 0.15) is 12.4 Å². The number of hydrogen-bond donors (Lipinski definition) is 3. The number of nitrogens with one attached hydrogen (secondary N) is 1. The van der Waals surface area contributed by atoms with E-state index in [0.717, 1.165) is 0 Å². The maximum Gasteiger partial charge on any atom is 0.335 e. The lowest BCUT2D eigenvalue weighted by Gasteiger charge is -2.38. The third kappa shape index (κ3) is 4.51. The molecule has 1 aromatic rings. The molecule has 0 spiro atoms. The summed E-state index contributed by atoms with van der Waals surface area (Å²) < 4.78 is 5.51. The molecule has 0 bridgehead atoms. The van der Waals surface area contributed by atoms with Crippen LogP contribution in [0.1, 0.15) is 38.1 Å². The van der Waals surface area contributed by atoms with Crippen LogP contribution in [0, 0.1) is 0 Å². The van der Waals surface area contributed by atoms with Crippen molar-refractivity contribution >= 4 is 5.97 Å². The maximum absolute atomic E-state index is 10.7. The van der Waals surface area contributed by atoms with Gasteiger partial charge in [-0.2, -0.15) is 0 Å². The van der Waals surface area contributed by atoms with Crippen molar-refractivity contribution in [3.8, 4) is 5.75 Å². The highest BCUT2D eigenvalue weighted by atomic mass is 16.5. The van der Waals surface area contributed by atoms with Gasteiger partial charge in [-0.25, -0.2) is 4.79 Å². The third-order valence-electron chi connectivity index (χ3n) is 3.57. The van der Waals surface area contributed by atoms with Crippen LogP contribution in [-0.2, 0) is 0 Å². The summed E-state index contributed by atoms with van der Waals surface area (Å²) >= 11 is 0. The fourth-order valence-electron chi connectivity index (χ4n) is 1.44. The zero-order valence-corrected chi connectivity index (χ0v) is 12.4. The van der Waals surface area contributed by atoms with E-state index in [4.69, 9.17) is 9.84 Å². The number of hydrogen-bond acceptors (Lipinski definition) is 4. The summed E-state index contributed by atoms with van der Waals surface area (Å²) in [6, 6.07) is 6.27. The molecule has 0 saturated heterocycles. The fourth-order valence-corrected chi connectivity index (χ4v) is 1.44. The highest BCUT2D eigenvalue weighted by Gasteiger charge is 2.34. The Morgan fingerprint density at radius 2 is 1.75 bits per heavy atom. The fraction of sp³-hybridized carbons (Fsp3) is 0.533. The van der Waals surface area contributed by atoms with Crippen LogP contribution in [0.5, 0.6) is 5.75 Å². The number of ether oxygens (including phenoxy) is 1. The summed E-state index contributed by atoms with van der Waals surface area (Å²) in [4.78, 5) is 10.7. The minimum absolute atomic E-state index is 0.235. The number of aromatic carboxylic acids is 1. The molecular formula is C15H23NO4. The van der Waals surface area contributed by atoms with E-state index in [-0.39, 0.29) is 5.56 Å². The number of carboxylic acid groups (broad SMARTS) is 1. The molecule has 0 aliphatic carbocycles. The van der Waals surface area contributed by atoms with Crippen molar-refractivity contribution in [2.24, 2.45) is 0 Å². The Labute approximate surface area is 119 Å². The van der Waals surface area contributed by atoms with E-state index in [1.54, 1.807) is 26.0 Å². The van der Waals surface area contributed by atoms with Crippen LogP contribution in [0.3, 0.4) is 0 Å². The Hall–Kier alpha value is -1.59. The van der Waals surface area contributed by atoms with Crippen molar-refractivity contribution in [3.05, 3.63) is 29.8 Å². The van der Waals surface area contributed by atoms with E-state index in [9.17, 15) is 9.90 Å². The molecule has 3 N–H and O–H groups in total. The van der Waals surface area contributed by atoms with Crippen LogP contribution < -0.4 is 10.1 Å².